The third kappa shape index (κ3) is 2.89. The molecule has 0 radical (unpaired) electrons. The van der Waals surface area contributed by atoms with Gasteiger partial charge in [0.2, 0.25) is 0 Å². The molecule has 5 unspecified atom stereocenters. The molecule has 3 fully saturated rings. The Kier molecular flexibility index (Phi) is 4.51. The van der Waals surface area contributed by atoms with Gasteiger partial charge in [-0.05, 0) is 107 Å². The highest BCUT2D eigenvalue weighted by atomic mass is 32.2. The fourth-order valence-corrected chi connectivity index (χ4v) is 11.0. The molecule has 0 amide bonds. The van der Waals surface area contributed by atoms with Crippen LogP contribution >= 0.6 is 11.8 Å². The van der Waals surface area contributed by atoms with E-state index in [-0.39, 0.29) is 0 Å². The third-order valence-corrected chi connectivity index (χ3v) is 12.7. The van der Waals surface area contributed by atoms with Crippen molar-refractivity contribution in [1.82, 2.24) is 5.32 Å². The molecule has 12 rings (SSSR count). The van der Waals surface area contributed by atoms with E-state index in [2.05, 4.69) is 77.7 Å². The monoisotopic (exact) mass is 489 g/mol. The Morgan fingerprint density at radius 1 is 0.583 bits per heavy atom. The number of nitrogens with one attached hydrogen (secondary N) is 1. The summed E-state index contributed by atoms with van der Waals surface area (Å²) in [6.45, 7) is 1.14. The molecule has 3 aromatic carbocycles. The Morgan fingerprint density at radius 2 is 1.28 bits per heavy atom. The lowest BCUT2D eigenvalue weighted by Gasteiger charge is -2.47. The zero-order valence-electron chi connectivity index (χ0n) is 21.0. The quantitative estimate of drug-likeness (QED) is 0.388. The van der Waals surface area contributed by atoms with Gasteiger partial charge in [-0.15, -0.1) is 0 Å². The van der Waals surface area contributed by atoms with Gasteiger partial charge < -0.3 is 5.32 Å². The predicted molar refractivity (Wildman–Crippen MR) is 149 cm³/mol. The first kappa shape index (κ1) is 21.0. The highest BCUT2D eigenvalue weighted by Crippen LogP contribution is 2.60. The summed E-state index contributed by atoms with van der Waals surface area (Å²) in [6.07, 6.45) is 8.31. The second kappa shape index (κ2) is 7.74. The van der Waals surface area contributed by atoms with Crippen LogP contribution in [0.3, 0.4) is 0 Å². The van der Waals surface area contributed by atoms with Gasteiger partial charge in [-0.25, -0.2) is 0 Å². The number of rotatable bonds is 2. The summed E-state index contributed by atoms with van der Waals surface area (Å²) >= 11 is 2.21. The van der Waals surface area contributed by atoms with Crippen LogP contribution in [0.15, 0.2) is 60.7 Å². The van der Waals surface area contributed by atoms with E-state index in [9.17, 15) is 0 Å². The third-order valence-electron chi connectivity index (χ3n) is 11.1. The lowest BCUT2D eigenvalue weighted by Crippen LogP contribution is -2.42. The minimum atomic E-state index is 0.517. The number of fused-ring (bicyclic) bond motifs is 6. The zero-order chi connectivity index (χ0) is 23.4. The van der Waals surface area contributed by atoms with Gasteiger partial charge in [0, 0.05) is 35.4 Å². The molecule has 6 atom stereocenters. The van der Waals surface area contributed by atoms with Gasteiger partial charge in [0.25, 0.3) is 0 Å². The normalized spacial score (nSPS) is 36.9. The van der Waals surface area contributed by atoms with Crippen molar-refractivity contribution in [3.8, 4) is 0 Å². The Bertz CT molecular complexity index is 1370. The van der Waals surface area contributed by atoms with E-state index in [1.54, 1.807) is 44.5 Å². The fourth-order valence-electron chi connectivity index (χ4n) is 9.38. The van der Waals surface area contributed by atoms with Crippen molar-refractivity contribution in [3.05, 3.63) is 105 Å². The maximum absolute atomic E-state index is 3.94. The van der Waals surface area contributed by atoms with Gasteiger partial charge in [-0.3, -0.25) is 0 Å². The highest BCUT2D eigenvalue weighted by Gasteiger charge is 2.44. The Hall–Kier alpha value is -2.03. The predicted octanol–water partition coefficient (Wildman–Crippen LogP) is 8.42. The van der Waals surface area contributed by atoms with Crippen LogP contribution in [0.2, 0.25) is 0 Å². The Labute approximate surface area is 219 Å². The smallest absolute Gasteiger partial charge is 0.0369 e. The molecule has 3 aromatic rings. The number of thioether (sulfide) groups is 1. The molecule has 1 N–H and O–H groups in total. The summed E-state index contributed by atoms with van der Waals surface area (Å²) in [5.74, 6) is 5.69. The van der Waals surface area contributed by atoms with Crippen LogP contribution in [0.1, 0.15) is 130 Å². The average molecular weight is 490 g/mol. The lowest BCUT2D eigenvalue weighted by molar-refractivity contribution is 0.295. The van der Waals surface area contributed by atoms with Gasteiger partial charge in [-0.1, -0.05) is 60.7 Å². The van der Waals surface area contributed by atoms with Gasteiger partial charge in [-0.2, -0.15) is 11.8 Å². The minimum absolute atomic E-state index is 0.517. The van der Waals surface area contributed by atoms with Crippen molar-refractivity contribution >= 4 is 11.8 Å². The van der Waals surface area contributed by atoms with Gasteiger partial charge in [0.05, 0.1) is 0 Å². The molecular weight excluding hydrogens is 454 g/mol. The number of benzene rings is 3. The minimum Gasteiger partial charge on any atom is -0.309 e. The van der Waals surface area contributed by atoms with Crippen LogP contribution in [-0.4, -0.2) is 12.3 Å². The molecule has 0 spiro atoms. The number of hydrogen-bond acceptors (Lipinski definition) is 2. The molecule has 182 valence electrons. The first-order valence-corrected chi connectivity index (χ1v) is 15.6. The standard InChI is InChI=1S/C34H35NS/c1-2-4-27-24(3-1)23-15-30(34(27)36-18-23)22-10-12-26-31(14-22)33-16-29(32(26)17-35-33)21-9-11-25-19-5-7-20(8-6-19)28(25)13-21/h1-4,9-14,19-20,23,29-30,32-35H,5-8,15-18H2/t19?,20?,23?,29?,30?,32?,33?,34-/m1/s1. The molecule has 6 bridgehead atoms. The Balaban J connectivity index is 1.05. The molecule has 9 aliphatic rings. The molecule has 2 saturated heterocycles. The van der Waals surface area contributed by atoms with Crippen molar-refractivity contribution in [2.75, 3.05) is 12.3 Å². The van der Waals surface area contributed by atoms with Gasteiger partial charge >= 0.3 is 0 Å². The van der Waals surface area contributed by atoms with Crippen molar-refractivity contribution in [2.45, 2.75) is 85.3 Å². The van der Waals surface area contributed by atoms with Crippen molar-refractivity contribution in [3.63, 3.8) is 0 Å². The number of piperidine rings is 1. The first-order chi connectivity index (χ1) is 17.8. The maximum atomic E-state index is 3.94. The van der Waals surface area contributed by atoms with E-state index in [0.29, 0.717) is 29.0 Å². The van der Waals surface area contributed by atoms with Gasteiger partial charge in [0.1, 0.15) is 0 Å². The van der Waals surface area contributed by atoms with Gasteiger partial charge in [0.15, 0.2) is 0 Å². The summed E-state index contributed by atoms with van der Waals surface area (Å²) < 4.78 is 0. The highest BCUT2D eigenvalue weighted by molar-refractivity contribution is 7.99. The average Bonchev–Trinajstić information content (AvgIpc) is 2.98. The molecule has 0 aromatic heterocycles. The first-order valence-electron chi connectivity index (χ1n) is 14.5. The zero-order valence-corrected chi connectivity index (χ0v) is 21.8. The molecule has 36 heavy (non-hydrogen) atoms. The van der Waals surface area contributed by atoms with Crippen molar-refractivity contribution < 1.29 is 0 Å². The second-order valence-corrected chi connectivity index (χ2v) is 13.8. The molecule has 1 saturated carbocycles. The van der Waals surface area contributed by atoms with Crippen molar-refractivity contribution in [2.24, 2.45) is 0 Å². The fraction of sp³-hybridized carbons (Fsp3) is 0.471. The SMILES string of the molecule is c1ccc2c(c1)C1CS[C@H]2C(c2ccc3c(c2)C2CC(c4ccc5c(c4)C4CCC5CC4)C3CN2)C1. The van der Waals surface area contributed by atoms with Crippen LogP contribution in [-0.2, 0) is 0 Å². The van der Waals surface area contributed by atoms with Crippen LogP contribution < -0.4 is 5.32 Å². The second-order valence-electron chi connectivity index (χ2n) is 12.7. The molecule has 5 aliphatic carbocycles. The molecule has 1 nitrogen and oxygen atoms in total. The summed E-state index contributed by atoms with van der Waals surface area (Å²) in [5.41, 5.74) is 13.2. The van der Waals surface area contributed by atoms with Crippen LogP contribution in [0, 0.1) is 0 Å². The molecular formula is C34H35NS. The topological polar surface area (TPSA) is 12.0 Å². The largest absolute Gasteiger partial charge is 0.309 e. The molecule has 4 heterocycles. The summed E-state index contributed by atoms with van der Waals surface area (Å²) in [4.78, 5) is 0. The van der Waals surface area contributed by atoms with Crippen LogP contribution in [0.5, 0.6) is 0 Å². The van der Waals surface area contributed by atoms with E-state index in [1.165, 1.54) is 44.3 Å². The van der Waals surface area contributed by atoms with Crippen LogP contribution in [0.25, 0.3) is 0 Å². The van der Waals surface area contributed by atoms with Crippen molar-refractivity contribution in [1.29, 1.82) is 0 Å². The molecule has 2 heteroatoms. The van der Waals surface area contributed by atoms with E-state index >= 15 is 0 Å². The maximum Gasteiger partial charge on any atom is 0.0369 e. The molecule has 4 aliphatic heterocycles. The van der Waals surface area contributed by atoms with E-state index in [4.69, 9.17) is 0 Å². The summed E-state index contributed by atoms with van der Waals surface area (Å²) in [5, 5.41) is 4.57. The van der Waals surface area contributed by atoms with E-state index in [0.717, 1.165) is 24.3 Å². The summed E-state index contributed by atoms with van der Waals surface area (Å²) in [6, 6.07) is 25.2. The summed E-state index contributed by atoms with van der Waals surface area (Å²) in [7, 11) is 0. The lowest BCUT2D eigenvalue weighted by atomic mass is 9.63. The van der Waals surface area contributed by atoms with E-state index in [1.807, 2.05) is 0 Å². The number of hydrogen-bond donors (Lipinski definition) is 1. The van der Waals surface area contributed by atoms with Crippen LogP contribution in [0.4, 0.5) is 0 Å². The van der Waals surface area contributed by atoms with E-state index < -0.39 is 0 Å². The Morgan fingerprint density at radius 3 is 2.14 bits per heavy atom.